The summed E-state index contributed by atoms with van der Waals surface area (Å²) in [6.45, 7) is 0. The van der Waals surface area contributed by atoms with Crippen molar-refractivity contribution in [3.63, 3.8) is 0 Å². The summed E-state index contributed by atoms with van der Waals surface area (Å²) in [5.74, 6) is 0.681. The van der Waals surface area contributed by atoms with Crippen molar-refractivity contribution in [2.75, 3.05) is 7.11 Å². The third-order valence-corrected chi connectivity index (χ3v) is 3.13. The molecule has 0 N–H and O–H groups in total. The Balaban J connectivity index is 2.61. The Bertz CT molecular complexity index is 594. The summed E-state index contributed by atoms with van der Waals surface area (Å²) in [6.07, 6.45) is 0.755. The lowest BCUT2D eigenvalue weighted by Crippen LogP contribution is -1.89. The molecular weight excluding hydrogens is 271 g/mol. The van der Waals surface area contributed by atoms with Crippen molar-refractivity contribution >= 4 is 29.5 Å². The number of methoxy groups -OCH3 is 1. The largest absolute Gasteiger partial charge is 0.496 e. The molecule has 92 valence electrons. The van der Waals surface area contributed by atoms with E-state index < -0.39 is 0 Å². The van der Waals surface area contributed by atoms with Gasteiger partial charge in [0, 0.05) is 26.7 Å². The van der Waals surface area contributed by atoms with Crippen LogP contribution in [0.3, 0.4) is 0 Å². The number of aldehydes is 1. The smallest absolute Gasteiger partial charge is 0.150 e. The SMILES string of the molecule is COc1ccc(Cl)cc1-c1ccc(C=O)cc1Cl. The molecule has 0 heterocycles. The Morgan fingerprint density at radius 1 is 1.06 bits per heavy atom. The normalized spacial score (nSPS) is 10.2. The first-order valence-electron chi connectivity index (χ1n) is 5.24. The van der Waals surface area contributed by atoms with Gasteiger partial charge in [0.25, 0.3) is 0 Å². The van der Waals surface area contributed by atoms with E-state index >= 15 is 0 Å². The van der Waals surface area contributed by atoms with Crippen LogP contribution in [0.4, 0.5) is 0 Å². The molecule has 0 amide bonds. The van der Waals surface area contributed by atoms with Crippen LogP contribution in [0.15, 0.2) is 36.4 Å². The minimum absolute atomic E-state index is 0.486. The number of hydrogen-bond acceptors (Lipinski definition) is 2. The van der Waals surface area contributed by atoms with Gasteiger partial charge >= 0.3 is 0 Å². The molecule has 0 saturated carbocycles. The van der Waals surface area contributed by atoms with Gasteiger partial charge in [-0.2, -0.15) is 0 Å². The molecule has 0 radical (unpaired) electrons. The second-order valence-electron chi connectivity index (χ2n) is 3.70. The van der Waals surface area contributed by atoms with Gasteiger partial charge in [0.05, 0.1) is 7.11 Å². The Hall–Kier alpha value is -1.51. The number of carbonyl (C=O) groups excluding carboxylic acids is 1. The molecule has 2 nitrogen and oxygen atoms in total. The van der Waals surface area contributed by atoms with E-state index in [1.807, 2.05) is 0 Å². The second-order valence-corrected chi connectivity index (χ2v) is 4.55. The van der Waals surface area contributed by atoms with Gasteiger partial charge in [-0.25, -0.2) is 0 Å². The molecular formula is C14H10Cl2O2. The van der Waals surface area contributed by atoms with Gasteiger partial charge in [-0.15, -0.1) is 0 Å². The molecule has 2 rings (SSSR count). The number of benzene rings is 2. The third-order valence-electron chi connectivity index (χ3n) is 2.58. The van der Waals surface area contributed by atoms with Crippen LogP contribution >= 0.6 is 23.2 Å². The van der Waals surface area contributed by atoms with E-state index in [4.69, 9.17) is 27.9 Å². The van der Waals surface area contributed by atoms with Gasteiger partial charge in [0.15, 0.2) is 0 Å². The predicted octanol–water partition coefficient (Wildman–Crippen LogP) is 4.48. The number of rotatable bonds is 3. The lowest BCUT2D eigenvalue weighted by Gasteiger charge is -2.11. The topological polar surface area (TPSA) is 26.3 Å². The van der Waals surface area contributed by atoms with E-state index in [-0.39, 0.29) is 0 Å². The third kappa shape index (κ3) is 2.50. The summed E-state index contributed by atoms with van der Waals surface area (Å²) in [6, 6.07) is 10.4. The fraction of sp³-hybridized carbons (Fsp3) is 0.0714. The molecule has 0 bridgehead atoms. The number of hydrogen-bond donors (Lipinski definition) is 0. The van der Waals surface area contributed by atoms with Crippen LogP contribution < -0.4 is 4.74 Å². The maximum Gasteiger partial charge on any atom is 0.150 e. The van der Waals surface area contributed by atoms with Gasteiger partial charge in [0.2, 0.25) is 0 Å². The molecule has 0 unspecified atom stereocenters. The lowest BCUT2D eigenvalue weighted by atomic mass is 10.0. The summed E-state index contributed by atoms with van der Waals surface area (Å²) in [5, 5.41) is 1.08. The standard InChI is InChI=1S/C14H10Cl2O2/c1-18-14-5-3-10(15)7-12(14)11-4-2-9(8-17)6-13(11)16/h2-8H,1H3. The molecule has 18 heavy (non-hydrogen) atoms. The van der Waals surface area contributed by atoms with Gasteiger partial charge in [-0.05, 0) is 24.3 Å². The predicted molar refractivity (Wildman–Crippen MR) is 73.8 cm³/mol. The van der Waals surface area contributed by atoms with Crippen molar-refractivity contribution in [3.05, 3.63) is 52.0 Å². The fourth-order valence-electron chi connectivity index (χ4n) is 1.71. The Morgan fingerprint density at radius 3 is 2.44 bits per heavy atom. The van der Waals surface area contributed by atoms with Crippen LogP contribution in [0, 0.1) is 0 Å². The van der Waals surface area contributed by atoms with Crippen molar-refractivity contribution in [2.45, 2.75) is 0 Å². The molecule has 4 heteroatoms. The highest BCUT2D eigenvalue weighted by Gasteiger charge is 2.10. The summed E-state index contributed by atoms with van der Waals surface area (Å²) in [7, 11) is 1.58. The minimum Gasteiger partial charge on any atom is -0.496 e. The quantitative estimate of drug-likeness (QED) is 0.775. The van der Waals surface area contributed by atoms with E-state index in [0.29, 0.717) is 21.4 Å². The van der Waals surface area contributed by atoms with Crippen LogP contribution in [0.2, 0.25) is 10.0 Å². The lowest BCUT2D eigenvalue weighted by molar-refractivity contribution is 0.112. The molecule has 2 aromatic rings. The highest BCUT2D eigenvalue weighted by molar-refractivity contribution is 6.34. The summed E-state index contributed by atoms with van der Waals surface area (Å²) < 4.78 is 5.28. The van der Waals surface area contributed by atoms with E-state index in [2.05, 4.69) is 0 Å². The van der Waals surface area contributed by atoms with Gasteiger partial charge in [-0.1, -0.05) is 35.3 Å². The maximum absolute atomic E-state index is 10.7. The van der Waals surface area contributed by atoms with Gasteiger partial charge in [0.1, 0.15) is 12.0 Å². The number of carbonyl (C=O) groups is 1. The van der Waals surface area contributed by atoms with Crippen molar-refractivity contribution in [1.82, 2.24) is 0 Å². The highest BCUT2D eigenvalue weighted by atomic mass is 35.5. The van der Waals surface area contributed by atoms with E-state index in [9.17, 15) is 4.79 Å². The average molecular weight is 281 g/mol. The Labute approximate surface area is 115 Å². The van der Waals surface area contributed by atoms with Gasteiger partial charge < -0.3 is 4.74 Å². The molecule has 0 atom stereocenters. The fourth-order valence-corrected chi connectivity index (χ4v) is 2.18. The van der Waals surface area contributed by atoms with E-state index in [1.165, 1.54) is 0 Å². The Morgan fingerprint density at radius 2 is 1.83 bits per heavy atom. The molecule has 0 aliphatic heterocycles. The second kappa shape index (κ2) is 5.42. The summed E-state index contributed by atoms with van der Waals surface area (Å²) in [4.78, 5) is 10.7. The first-order valence-corrected chi connectivity index (χ1v) is 6.00. The summed E-state index contributed by atoms with van der Waals surface area (Å²) >= 11 is 12.1. The molecule has 0 fully saturated rings. The van der Waals surface area contributed by atoms with Crippen LogP contribution in [0.25, 0.3) is 11.1 Å². The van der Waals surface area contributed by atoms with Crippen molar-refractivity contribution < 1.29 is 9.53 Å². The van der Waals surface area contributed by atoms with Crippen LogP contribution in [-0.4, -0.2) is 13.4 Å². The molecule has 0 saturated heterocycles. The van der Waals surface area contributed by atoms with Crippen LogP contribution in [-0.2, 0) is 0 Å². The number of ether oxygens (including phenoxy) is 1. The first kappa shape index (κ1) is 12.9. The van der Waals surface area contributed by atoms with Crippen LogP contribution in [0.1, 0.15) is 10.4 Å². The summed E-state index contributed by atoms with van der Waals surface area (Å²) in [5.41, 5.74) is 2.11. The minimum atomic E-state index is 0.486. The molecule has 0 aliphatic rings. The highest BCUT2D eigenvalue weighted by Crippen LogP contribution is 2.36. The molecule has 2 aromatic carbocycles. The first-order chi connectivity index (χ1) is 8.65. The van der Waals surface area contributed by atoms with Crippen molar-refractivity contribution in [3.8, 4) is 16.9 Å². The molecule has 0 aliphatic carbocycles. The zero-order valence-corrected chi connectivity index (χ0v) is 11.1. The molecule has 0 spiro atoms. The molecule has 0 aromatic heterocycles. The number of halogens is 2. The van der Waals surface area contributed by atoms with Crippen LogP contribution in [0.5, 0.6) is 5.75 Å². The van der Waals surface area contributed by atoms with E-state index in [0.717, 1.165) is 17.4 Å². The maximum atomic E-state index is 10.7. The van der Waals surface area contributed by atoms with Crippen molar-refractivity contribution in [1.29, 1.82) is 0 Å². The van der Waals surface area contributed by atoms with Crippen molar-refractivity contribution in [2.24, 2.45) is 0 Å². The average Bonchev–Trinajstić information content (AvgIpc) is 2.38. The van der Waals surface area contributed by atoms with Gasteiger partial charge in [-0.3, -0.25) is 4.79 Å². The zero-order chi connectivity index (χ0) is 13.1. The zero-order valence-electron chi connectivity index (χ0n) is 9.61. The van der Waals surface area contributed by atoms with E-state index in [1.54, 1.807) is 43.5 Å². The Kier molecular flexibility index (Phi) is 3.90. The monoisotopic (exact) mass is 280 g/mol.